The quantitative estimate of drug-likeness (QED) is 0.181. The second-order valence-corrected chi connectivity index (χ2v) is 13.4. The van der Waals surface area contributed by atoms with E-state index in [1.54, 1.807) is 12.1 Å². The van der Waals surface area contributed by atoms with Crippen LogP contribution in [0.2, 0.25) is 0 Å². The van der Waals surface area contributed by atoms with Gasteiger partial charge in [0.15, 0.2) is 11.0 Å². The number of halogens is 4. The average Bonchev–Trinajstić information content (AvgIpc) is 3.51. The number of carbonyl (C=O) groups excluding carboxylic acids is 1. The Balaban J connectivity index is 1.18. The normalized spacial score (nSPS) is 14.9. The lowest BCUT2D eigenvalue weighted by atomic mass is 9.85. The number of amides is 2. The molecule has 1 N–H and O–H groups in total. The van der Waals surface area contributed by atoms with Crippen LogP contribution in [-0.2, 0) is 6.42 Å². The third-order valence-electron chi connectivity index (χ3n) is 7.53. The molecule has 1 saturated heterocycles. The molecule has 0 spiro atoms. The molecule has 47 heavy (non-hydrogen) atoms. The second-order valence-electron chi connectivity index (χ2n) is 12.4. The first-order valence-electron chi connectivity index (χ1n) is 15.2. The van der Waals surface area contributed by atoms with Gasteiger partial charge < -0.3 is 15.0 Å². The largest absolute Gasteiger partial charge is 0.573 e. The Labute approximate surface area is 275 Å². The predicted octanol–water partition coefficient (Wildman–Crippen LogP) is 8.37. The summed E-state index contributed by atoms with van der Waals surface area (Å²) in [6, 6.07) is 17.5. The molecule has 0 aliphatic carbocycles. The van der Waals surface area contributed by atoms with Crippen molar-refractivity contribution in [2.45, 2.75) is 52.8 Å². The number of thioether (sulfide) groups is 1. The van der Waals surface area contributed by atoms with Crippen molar-refractivity contribution in [3.63, 3.8) is 0 Å². The van der Waals surface area contributed by atoms with Crippen LogP contribution in [0.5, 0.6) is 5.75 Å². The van der Waals surface area contributed by atoms with Gasteiger partial charge in [-0.15, -0.1) is 18.3 Å². The van der Waals surface area contributed by atoms with Gasteiger partial charge in [0.1, 0.15) is 17.9 Å². The smallest absolute Gasteiger partial charge is 0.406 e. The lowest BCUT2D eigenvalue weighted by Gasteiger charge is -2.32. The van der Waals surface area contributed by atoms with E-state index in [-0.39, 0.29) is 22.9 Å². The number of carbonyl (C=O) groups is 1. The van der Waals surface area contributed by atoms with Crippen LogP contribution >= 0.6 is 11.8 Å². The number of ether oxygens (including phenoxy) is 1. The Kier molecular flexibility index (Phi) is 10.2. The summed E-state index contributed by atoms with van der Waals surface area (Å²) in [4.78, 5) is 23.7. The molecule has 3 aromatic carbocycles. The first-order valence-corrected chi connectivity index (χ1v) is 16.2. The lowest BCUT2D eigenvalue weighted by molar-refractivity contribution is -0.274. The van der Waals surface area contributed by atoms with Gasteiger partial charge in [0.05, 0.1) is 5.69 Å². The van der Waals surface area contributed by atoms with Gasteiger partial charge in [-0.1, -0.05) is 63.7 Å². The number of benzene rings is 3. The van der Waals surface area contributed by atoms with Gasteiger partial charge in [0, 0.05) is 30.1 Å². The summed E-state index contributed by atoms with van der Waals surface area (Å²) < 4.78 is 56.7. The summed E-state index contributed by atoms with van der Waals surface area (Å²) >= 11 is 1.52. The Morgan fingerprint density at radius 1 is 1.06 bits per heavy atom. The van der Waals surface area contributed by atoms with E-state index in [1.807, 2.05) is 43.0 Å². The maximum atomic E-state index is 14.0. The van der Waals surface area contributed by atoms with E-state index in [9.17, 15) is 22.4 Å². The van der Waals surface area contributed by atoms with E-state index in [0.29, 0.717) is 36.2 Å². The highest BCUT2D eigenvalue weighted by Crippen LogP contribution is 2.33. The van der Waals surface area contributed by atoms with Crippen LogP contribution in [0.15, 0.2) is 78.0 Å². The van der Waals surface area contributed by atoms with Crippen molar-refractivity contribution >= 4 is 28.6 Å². The zero-order chi connectivity index (χ0) is 33.8. The molecule has 1 aliphatic rings. The number of aromatic nitrogens is 3. The molecule has 0 bridgehead atoms. The van der Waals surface area contributed by atoms with Crippen molar-refractivity contribution in [1.82, 2.24) is 20.1 Å². The summed E-state index contributed by atoms with van der Waals surface area (Å²) in [5, 5.41) is 8.04. The van der Waals surface area contributed by atoms with Crippen LogP contribution in [0.1, 0.15) is 51.2 Å². The van der Waals surface area contributed by atoms with E-state index in [1.165, 1.54) is 53.1 Å². The molecule has 1 aliphatic heterocycles. The van der Waals surface area contributed by atoms with Crippen molar-refractivity contribution in [1.29, 1.82) is 0 Å². The van der Waals surface area contributed by atoms with Gasteiger partial charge >= 0.3 is 12.4 Å². The minimum absolute atomic E-state index is 0.113. The van der Waals surface area contributed by atoms with E-state index in [2.05, 4.69) is 39.0 Å². The molecule has 13 heteroatoms. The predicted molar refractivity (Wildman–Crippen MR) is 177 cm³/mol. The average molecular weight is 669 g/mol. The minimum atomic E-state index is -4.76. The molecule has 0 saturated carbocycles. The molecule has 0 atom stereocenters. The molecular formula is C34H36F4N6O2S. The summed E-state index contributed by atoms with van der Waals surface area (Å²) in [6.45, 7) is 9.28. The maximum absolute atomic E-state index is 14.0. The highest BCUT2D eigenvalue weighted by Gasteiger charge is 2.31. The number of urea groups is 1. The van der Waals surface area contributed by atoms with Crippen LogP contribution in [-0.4, -0.2) is 51.2 Å². The van der Waals surface area contributed by atoms with Gasteiger partial charge in [-0.25, -0.2) is 18.9 Å². The van der Waals surface area contributed by atoms with Crippen molar-refractivity contribution < 1.29 is 27.1 Å². The van der Waals surface area contributed by atoms with Crippen molar-refractivity contribution in [2.75, 3.05) is 23.7 Å². The monoisotopic (exact) mass is 668 g/mol. The molecule has 2 heterocycles. The van der Waals surface area contributed by atoms with Crippen LogP contribution in [0, 0.1) is 11.2 Å². The van der Waals surface area contributed by atoms with E-state index < -0.39 is 12.4 Å². The number of hydrogen-bond donors (Lipinski definition) is 1. The Hall–Kier alpha value is -4.39. The molecule has 8 nitrogen and oxygen atoms in total. The van der Waals surface area contributed by atoms with E-state index in [0.717, 1.165) is 34.6 Å². The number of nitrogens with zero attached hydrogens (tertiary/aromatic N) is 5. The number of alkyl halides is 3. The SMILES string of the molecule is CC(C)c1cc(F)ccc1N1CCCSC1=NC(=O)NCC(C)(C)Cc1ccc(-c2ncn(-c3ccc(OC(F)(F)F)cc3)n2)cc1. The third kappa shape index (κ3) is 9.12. The summed E-state index contributed by atoms with van der Waals surface area (Å²) in [7, 11) is 0. The van der Waals surface area contributed by atoms with Crippen LogP contribution in [0.3, 0.4) is 0 Å². The van der Waals surface area contributed by atoms with Crippen molar-refractivity contribution in [3.05, 3.63) is 90.0 Å². The highest BCUT2D eigenvalue weighted by atomic mass is 32.2. The summed E-state index contributed by atoms with van der Waals surface area (Å²) in [5.74, 6) is 0.834. The highest BCUT2D eigenvalue weighted by molar-refractivity contribution is 8.14. The fourth-order valence-corrected chi connectivity index (χ4v) is 6.21. The molecule has 1 aromatic heterocycles. The standard InChI is InChI=1S/C34H36F4N6O2S/c1-22(2)28-18-25(35)10-15-29(28)43-16-5-17-47-32(43)41-31(45)39-20-33(3,4)19-23-6-8-24(9-7-23)30-40-21-44(42-30)26-11-13-27(14-12-26)46-34(36,37)38/h6-15,18,21-22H,5,16-17,19-20H2,1-4H3,(H,39,45). The van der Waals surface area contributed by atoms with Gasteiger partial charge in [0.2, 0.25) is 0 Å². The van der Waals surface area contributed by atoms with Crippen LogP contribution in [0.25, 0.3) is 17.1 Å². The number of anilines is 1. The number of hydrogen-bond acceptors (Lipinski definition) is 5. The van der Waals surface area contributed by atoms with Gasteiger partial charge in [-0.3, -0.25) is 0 Å². The Morgan fingerprint density at radius 3 is 2.47 bits per heavy atom. The molecular weight excluding hydrogens is 632 g/mol. The number of nitrogens with one attached hydrogen (secondary N) is 1. The molecule has 0 unspecified atom stereocenters. The van der Waals surface area contributed by atoms with Gasteiger partial charge in [0.25, 0.3) is 0 Å². The van der Waals surface area contributed by atoms with E-state index >= 15 is 0 Å². The maximum Gasteiger partial charge on any atom is 0.573 e. The number of rotatable bonds is 9. The van der Waals surface area contributed by atoms with Crippen molar-refractivity contribution in [2.24, 2.45) is 10.4 Å². The molecule has 4 aromatic rings. The third-order valence-corrected chi connectivity index (χ3v) is 8.59. The van der Waals surface area contributed by atoms with Crippen LogP contribution in [0.4, 0.5) is 28.0 Å². The fraction of sp³-hybridized carbons (Fsp3) is 0.353. The topological polar surface area (TPSA) is 84.6 Å². The molecule has 5 rings (SSSR count). The number of amidine groups is 1. The molecule has 1 fully saturated rings. The molecule has 2 amide bonds. The van der Waals surface area contributed by atoms with Crippen molar-refractivity contribution in [3.8, 4) is 22.8 Å². The van der Waals surface area contributed by atoms with Crippen LogP contribution < -0.4 is 15.0 Å². The fourth-order valence-electron chi connectivity index (χ4n) is 5.26. The first-order chi connectivity index (χ1) is 22.3. The number of aliphatic imine (C=N–C) groups is 1. The summed E-state index contributed by atoms with van der Waals surface area (Å²) in [5.41, 5.74) is 3.85. The Morgan fingerprint density at radius 2 is 1.79 bits per heavy atom. The zero-order valence-electron chi connectivity index (χ0n) is 26.5. The van der Waals surface area contributed by atoms with Gasteiger partial charge in [-0.05, 0) is 77.8 Å². The first kappa shape index (κ1) is 34.0. The Bertz CT molecular complexity index is 1720. The van der Waals surface area contributed by atoms with E-state index in [4.69, 9.17) is 0 Å². The lowest BCUT2D eigenvalue weighted by Crippen LogP contribution is -2.38. The molecule has 0 radical (unpaired) electrons. The molecule has 248 valence electrons. The minimum Gasteiger partial charge on any atom is -0.406 e. The van der Waals surface area contributed by atoms with Gasteiger partial charge in [-0.2, -0.15) is 4.99 Å². The zero-order valence-corrected chi connectivity index (χ0v) is 27.3. The summed E-state index contributed by atoms with van der Waals surface area (Å²) in [6.07, 6.45) is -1.64. The second kappa shape index (κ2) is 14.2.